The third kappa shape index (κ3) is 5.58. The smallest absolute Gasteiger partial charge is 0.355 e. The van der Waals surface area contributed by atoms with Gasteiger partial charge in [0.2, 0.25) is 0 Å². The number of hydrogen-bond donors (Lipinski definition) is 1. The number of hydrogen-bond acceptors (Lipinski definition) is 5. The van der Waals surface area contributed by atoms with Crippen LogP contribution in [0.3, 0.4) is 0 Å². The molecule has 0 radical (unpaired) electrons. The molecule has 1 amide bonds. The molecule has 0 saturated carbocycles. The number of H-pyrrole nitrogens is 1. The lowest BCUT2D eigenvalue weighted by molar-refractivity contribution is -0.134. The summed E-state index contributed by atoms with van der Waals surface area (Å²) in [6.07, 6.45) is 5.17. The first kappa shape index (κ1) is 21.0. The predicted molar refractivity (Wildman–Crippen MR) is 101 cm³/mol. The molecule has 1 aliphatic heterocycles. The Labute approximate surface area is 160 Å². The average molecular weight is 378 g/mol. The molecule has 0 bridgehead atoms. The summed E-state index contributed by atoms with van der Waals surface area (Å²) in [7, 11) is 0. The molecule has 150 valence electrons. The Morgan fingerprint density at radius 2 is 1.59 bits per heavy atom. The van der Waals surface area contributed by atoms with E-state index >= 15 is 0 Å². The van der Waals surface area contributed by atoms with Crippen LogP contribution in [-0.2, 0) is 14.3 Å². The average Bonchev–Trinajstić information content (AvgIpc) is 2.86. The van der Waals surface area contributed by atoms with Gasteiger partial charge in [-0.15, -0.1) is 0 Å². The van der Waals surface area contributed by atoms with Gasteiger partial charge >= 0.3 is 11.9 Å². The van der Waals surface area contributed by atoms with Gasteiger partial charge in [-0.25, -0.2) is 9.59 Å². The highest BCUT2D eigenvalue weighted by Crippen LogP contribution is 2.20. The normalized spacial score (nSPS) is 15.2. The second-order valence-electron chi connectivity index (χ2n) is 7.30. The van der Waals surface area contributed by atoms with E-state index in [-0.39, 0.29) is 24.3 Å². The molecular weight excluding hydrogens is 348 g/mol. The third-order valence-corrected chi connectivity index (χ3v) is 4.72. The number of carbonyl (C=O) groups excluding carboxylic acids is 3. The molecule has 1 N–H and O–H groups in total. The number of ether oxygens (including phenoxy) is 2. The minimum atomic E-state index is -0.639. The van der Waals surface area contributed by atoms with Gasteiger partial charge in [-0.3, -0.25) is 4.79 Å². The van der Waals surface area contributed by atoms with Crippen LogP contribution in [0.4, 0.5) is 0 Å². The highest BCUT2D eigenvalue weighted by atomic mass is 16.5. The largest absolute Gasteiger partial charge is 0.459 e. The number of amides is 1. The minimum absolute atomic E-state index is 0.175. The number of nitrogens with zero attached hydrogens (tertiary/aromatic N) is 1. The Balaban J connectivity index is 1.99. The van der Waals surface area contributed by atoms with Crippen molar-refractivity contribution in [3.63, 3.8) is 0 Å². The number of aromatic nitrogens is 1. The van der Waals surface area contributed by atoms with Crippen LogP contribution in [0.15, 0.2) is 0 Å². The second-order valence-corrected chi connectivity index (χ2v) is 7.30. The fraction of sp³-hybridized carbons (Fsp3) is 0.650. The maximum Gasteiger partial charge on any atom is 0.355 e. The van der Waals surface area contributed by atoms with Crippen LogP contribution in [0.2, 0.25) is 0 Å². The minimum Gasteiger partial charge on any atom is -0.459 e. The van der Waals surface area contributed by atoms with E-state index in [9.17, 15) is 14.4 Å². The van der Waals surface area contributed by atoms with Crippen LogP contribution in [0, 0.1) is 13.8 Å². The van der Waals surface area contributed by atoms with E-state index in [0.29, 0.717) is 29.9 Å². The molecule has 0 spiro atoms. The molecular formula is C20H30N2O5. The molecule has 0 atom stereocenters. The van der Waals surface area contributed by atoms with Crippen molar-refractivity contribution in [2.75, 3.05) is 19.7 Å². The highest BCUT2D eigenvalue weighted by molar-refractivity contribution is 5.99. The molecule has 1 aromatic rings. The zero-order chi connectivity index (χ0) is 20.0. The summed E-state index contributed by atoms with van der Waals surface area (Å²) >= 11 is 0. The number of aromatic amines is 1. The fourth-order valence-electron chi connectivity index (χ4n) is 3.32. The lowest BCUT2D eigenvalue weighted by Gasteiger charge is -2.24. The fourth-order valence-corrected chi connectivity index (χ4v) is 3.32. The monoisotopic (exact) mass is 378 g/mol. The Bertz CT molecular complexity index is 685. The Morgan fingerprint density at radius 3 is 2.19 bits per heavy atom. The number of carbonyl (C=O) groups is 3. The van der Waals surface area contributed by atoms with Crippen molar-refractivity contribution in [2.24, 2.45) is 0 Å². The van der Waals surface area contributed by atoms with Crippen molar-refractivity contribution < 1.29 is 23.9 Å². The molecule has 2 rings (SSSR count). The summed E-state index contributed by atoms with van der Waals surface area (Å²) < 4.78 is 10.4. The van der Waals surface area contributed by atoms with Crippen LogP contribution in [0.5, 0.6) is 0 Å². The molecule has 7 heteroatoms. The van der Waals surface area contributed by atoms with Crippen LogP contribution >= 0.6 is 0 Å². The number of nitrogens with one attached hydrogen (secondary N) is 1. The van der Waals surface area contributed by atoms with E-state index < -0.39 is 11.9 Å². The van der Waals surface area contributed by atoms with Crippen molar-refractivity contribution in [2.45, 2.75) is 65.9 Å². The number of rotatable bonds is 5. The molecule has 0 aromatic carbocycles. The van der Waals surface area contributed by atoms with Crippen LogP contribution < -0.4 is 0 Å². The van der Waals surface area contributed by atoms with Crippen LogP contribution in [0.25, 0.3) is 0 Å². The van der Waals surface area contributed by atoms with Gasteiger partial charge < -0.3 is 19.4 Å². The van der Waals surface area contributed by atoms with Gasteiger partial charge in [-0.05, 0) is 46.1 Å². The van der Waals surface area contributed by atoms with E-state index in [4.69, 9.17) is 9.47 Å². The zero-order valence-corrected chi connectivity index (χ0v) is 16.7. The van der Waals surface area contributed by atoms with Gasteiger partial charge in [0.15, 0.2) is 6.61 Å². The van der Waals surface area contributed by atoms with Crippen molar-refractivity contribution in [1.29, 1.82) is 0 Å². The molecule has 2 heterocycles. The molecule has 7 nitrogen and oxygen atoms in total. The molecule has 0 aliphatic carbocycles. The molecule has 1 saturated heterocycles. The number of likely N-dealkylation sites (tertiary alicyclic amines) is 1. The molecule has 1 fully saturated rings. The summed E-state index contributed by atoms with van der Waals surface area (Å²) in [6, 6.07) is 0. The van der Waals surface area contributed by atoms with Gasteiger partial charge in [0.05, 0.1) is 11.7 Å². The topological polar surface area (TPSA) is 88.7 Å². The van der Waals surface area contributed by atoms with E-state index in [1.165, 1.54) is 6.42 Å². The predicted octanol–water partition coefficient (Wildman–Crippen LogP) is 3.15. The maximum absolute atomic E-state index is 12.4. The first-order valence-electron chi connectivity index (χ1n) is 9.66. The quantitative estimate of drug-likeness (QED) is 0.795. The zero-order valence-electron chi connectivity index (χ0n) is 16.7. The number of esters is 2. The molecule has 0 unspecified atom stereocenters. The Kier molecular flexibility index (Phi) is 7.45. The summed E-state index contributed by atoms with van der Waals surface area (Å²) in [5, 5.41) is 0. The maximum atomic E-state index is 12.4. The first-order chi connectivity index (χ1) is 12.8. The molecule has 27 heavy (non-hydrogen) atoms. The van der Waals surface area contributed by atoms with Crippen LogP contribution in [-0.4, -0.2) is 53.5 Å². The van der Waals surface area contributed by atoms with Gasteiger partial charge in [0.25, 0.3) is 5.91 Å². The summed E-state index contributed by atoms with van der Waals surface area (Å²) in [5.74, 6) is -1.29. The third-order valence-electron chi connectivity index (χ3n) is 4.72. The van der Waals surface area contributed by atoms with Gasteiger partial charge in [0, 0.05) is 18.8 Å². The van der Waals surface area contributed by atoms with Gasteiger partial charge in [-0.1, -0.05) is 19.3 Å². The van der Waals surface area contributed by atoms with E-state index in [0.717, 1.165) is 25.7 Å². The van der Waals surface area contributed by atoms with Crippen molar-refractivity contribution in [3.05, 3.63) is 22.5 Å². The van der Waals surface area contributed by atoms with E-state index in [1.54, 1.807) is 32.6 Å². The second kappa shape index (κ2) is 9.58. The Hall–Kier alpha value is -2.31. The lowest BCUT2D eigenvalue weighted by atomic mass is 10.1. The standard InChI is InChI=1S/C20H30N2O5/c1-13(2)27-19(24)17-14(3)18(21-15(17)4)20(25)26-12-16(23)22-10-8-6-5-7-9-11-22/h13,21H,5-12H2,1-4H3. The molecule has 1 aromatic heterocycles. The van der Waals surface area contributed by atoms with E-state index in [2.05, 4.69) is 4.98 Å². The SMILES string of the molecule is Cc1[nH]c(C(=O)OCC(=O)N2CCCCCCC2)c(C)c1C(=O)OC(C)C. The summed E-state index contributed by atoms with van der Waals surface area (Å²) in [5.41, 5.74) is 1.54. The van der Waals surface area contributed by atoms with Gasteiger partial charge in [0.1, 0.15) is 5.69 Å². The first-order valence-corrected chi connectivity index (χ1v) is 9.66. The Morgan fingerprint density at radius 1 is 1.00 bits per heavy atom. The summed E-state index contributed by atoms with van der Waals surface area (Å²) in [6.45, 7) is 8.03. The van der Waals surface area contributed by atoms with Crippen LogP contribution in [0.1, 0.15) is 78.1 Å². The summed E-state index contributed by atoms with van der Waals surface area (Å²) in [4.78, 5) is 41.6. The molecule has 1 aliphatic rings. The lowest BCUT2D eigenvalue weighted by Crippen LogP contribution is -2.37. The van der Waals surface area contributed by atoms with E-state index in [1.807, 2.05) is 0 Å². The van der Waals surface area contributed by atoms with Gasteiger partial charge in [-0.2, -0.15) is 0 Å². The van der Waals surface area contributed by atoms with Crippen molar-refractivity contribution in [3.8, 4) is 0 Å². The highest BCUT2D eigenvalue weighted by Gasteiger charge is 2.25. The number of aryl methyl sites for hydroxylation is 1. The van der Waals surface area contributed by atoms with Crippen molar-refractivity contribution >= 4 is 17.8 Å². The van der Waals surface area contributed by atoms with Crippen molar-refractivity contribution in [1.82, 2.24) is 9.88 Å².